The number of benzene rings is 1. The monoisotopic (exact) mass is 267 g/mol. The maximum Gasteiger partial charge on any atom is 0.170 e. The van der Waals surface area contributed by atoms with E-state index in [9.17, 15) is 0 Å². The fraction of sp³-hybridized carbons (Fsp3) is 0.273. The van der Waals surface area contributed by atoms with Crippen molar-refractivity contribution in [1.82, 2.24) is 9.36 Å². The van der Waals surface area contributed by atoms with E-state index in [2.05, 4.69) is 15.4 Å². The molecule has 0 aliphatic rings. The molecule has 4 nitrogen and oxygen atoms in total. The minimum atomic E-state index is 0.487. The van der Waals surface area contributed by atoms with Crippen LogP contribution in [0.2, 0.25) is 0 Å². The Balaban J connectivity index is 2.06. The van der Waals surface area contributed by atoms with Crippen molar-refractivity contribution >= 4 is 23.3 Å². The predicted octanol–water partition coefficient (Wildman–Crippen LogP) is 2.30. The Morgan fingerprint density at radius 3 is 3.00 bits per heavy atom. The van der Waals surface area contributed by atoms with Crippen LogP contribution in [-0.2, 0) is 12.3 Å². The lowest BCUT2D eigenvalue weighted by molar-refractivity contribution is 0.409. The molecule has 17 heavy (non-hydrogen) atoms. The number of methoxy groups -OCH3 is 1. The third-order valence-corrected chi connectivity index (χ3v) is 4.14. The minimum Gasteiger partial charge on any atom is -0.496 e. The summed E-state index contributed by atoms with van der Waals surface area (Å²) in [4.78, 5) is 4.13. The minimum absolute atomic E-state index is 0.487. The summed E-state index contributed by atoms with van der Waals surface area (Å²) in [6, 6.07) is 6.08. The zero-order valence-electron chi connectivity index (χ0n) is 9.42. The first-order valence-corrected chi connectivity index (χ1v) is 6.84. The standard InChI is InChI=1S/C11H13N3OS2/c1-15-10-3-2-8(4-9(10)5-12)6-16-11-13-7-14-17-11/h2-4,7H,5-6,12H2,1H3. The molecule has 0 aliphatic carbocycles. The first-order chi connectivity index (χ1) is 8.33. The quantitative estimate of drug-likeness (QED) is 0.842. The molecule has 1 heterocycles. The molecule has 0 unspecified atom stereocenters. The predicted molar refractivity (Wildman–Crippen MR) is 70.4 cm³/mol. The van der Waals surface area contributed by atoms with Crippen molar-refractivity contribution in [3.63, 3.8) is 0 Å². The number of ether oxygens (including phenoxy) is 1. The number of thioether (sulfide) groups is 1. The van der Waals surface area contributed by atoms with Crippen molar-refractivity contribution in [2.75, 3.05) is 7.11 Å². The van der Waals surface area contributed by atoms with E-state index in [0.29, 0.717) is 6.54 Å². The van der Waals surface area contributed by atoms with E-state index in [4.69, 9.17) is 10.5 Å². The molecule has 1 aromatic heterocycles. The SMILES string of the molecule is COc1ccc(CSc2ncns2)cc1CN. The smallest absolute Gasteiger partial charge is 0.170 e. The van der Waals surface area contributed by atoms with E-state index < -0.39 is 0 Å². The van der Waals surface area contributed by atoms with Crippen molar-refractivity contribution in [1.29, 1.82) is 0 Å². The molecule has 6 heteroatoms. The molecule has 2 aromatic rings. The fourth-order valence-electron chi connectivity index (χ4n) is 1.45. The summed E-state index contributed by atoms with van der Waals surface area (Å²) in [5, 5.41) is 0. The number of rotatable bonds is 5. The van der Waals surface area contributed by atoms with Crippen molar-refractivity contribution < 1.29 is 4.74 Å². The Bertz CT molecular complexity index is 474. The summed E-state index contributed by atoms with van der Waals surface area (Å²) < 4.78 is 10.2. The van der Waals surface area contributed by atoms with Crippen LogP contribution in [0.25, 0.3) is 0 Å². The van der Waals surface area contributed by atoms with Gasteiger partial charge in [-0.2, -0.15) is 4.37 Å². The second kappa shape index (κ2) is 6.00. The largest absolute Gasteiger partial charge is 0.496 e. The molecule has 2 N–H and O–H groups in total. The molecule has 0 saturated heterocycles. The molecule has 2 rings (SSSR count). The lowest BCUT2D eigenvalue weighted by atomic mass is 10.1. The van der Waals surface area contributed by atoms with Gasteiger partial charge < -0.3 is 10.5 Å². The highest BCUT2D eigenvalue weighted by atomic mass is 32.2. The average molecular weight is 267 g/mol. The van der Waals surface area contributed by atoms with Crippen LogP contribution in [0, 0.1) is 0 Å². The molecule has 0 spiro atoms. The molecule has 0 atom stereocenters. The van der Waals surface area contributed by atoms with Crippen LogP contribution in [-0.4, -0.2) is 16.5 Å². The molecule has 0 bridgehead atoms. The van der Waals surface area contributed by atoms with E-state index in [-0.39, 0.29) is 0 Å². The Morgan fingerprint density at radius 1 is 1.47 bits per heavy atom. The molecule has 0 aliphatic heterocycles. The van der Waals surface area contributed by atoms with Crippen molar-refractivity contribution in [2.45, 2.75) is 16.6 Å². The van der Waals surface area contributed by atoms with E-state index >= 15 is 0 Å². The van der Waals surface area contributed by atoms with Crippen LogP contribution in [0.1, 0.15) is 11.1 Å². The van der Waals surface area contributed by atoms with Crippen molar-refractivity contribution in [3.05, 3.63) is 35.7 Å². The Hall–Kier alpha value is -1.11. The number of aromatic nitrogens is 2. The summed E-state index contributed by atoms with van der Waals surface area (Å²) in [6.45, 7) is 0.487. The van der Waals surface area contributed by atoms with Gasteiger partial charge in [0.25, 0.3) is 0 Å². The average Bonchev–Trinajstić information content (AvgIpc) is 2.89. The lowest BCUT2D eigenvalue weighted by Gasteiger charge is -2.08. The van der Waals surface area contributed by atoms with Crippen LogP contribution in [0.5, 0.6) is 5.75 Å². The number of nitrogens with zero attached hydrogens (tertiary/aromatic N) is 2. The van der Waals surface area contributed by atoms with Gasteiger partial charge in [-0.05, 0) is 29.2 Å². The van der Waals surface area contributed by atoms with Crippen LogP contribution in [0.15, 0.2) is 28.9 Å². The third-order valence-electron chi connectivity index (χ3n) is 2.27. The van der Waals surface area contributed by atoms with Gasteiger partial charge in [0.15, 0.2) is 4.34 Å². The Morgan fingerprint density at radius 2 is 2.35 bits per heavy atom. The summed E-state index contributed by atoms with van der Waals surface area (Å²) >= 11 is 3.09. The number of nitrogens with two attached hydrogens (primary N) is 1. The van der Waals surface area contributed by atoms with Crippen LogP contribution >= 0.6 is 23.3 Å². The van der Waals surface area contributed by atoms with Gasteiger partial charge in [0.05, 0.1) is 7.11 Å². The Kier molecular flexibility index (Phi) is 4.36. The van der Waals surface area contributed by atoms with E-state index in [1.165, 1.54) is 17.1 Å². The van der Waals surface area contributed by atoms with E-state index in [1.54, 1.807) is 25.2 Å². The van der Waals surface area contributed by atoms with Crippen LogP contribution in [0.3, 0.4) is 0 Å². The van der Waals surface area contributed by atoms with Crippen molar-refractivity contribution in [2.24, 2.45) is 5.73 Å². The van der Waals surface area contributed by atoms with Crippen LogP contribution in [0.4, 0.5) is 0 Å². The first-order valence-electron chi connectivity index (χ1n) is 5.09. The number of hydrogen-bond acceptors (Lipinski definition) is 6. The summed E-state index contributed by atoms with van der Waals surface area (Å²) in [6.07, 6.45) is 1.58. The molecule has 1 aromatic carbocycles. The van der Waals surface area contributed by atoms with Crippen molar-refractivity contribution in [3.8, 4) is 5.75 Å². The molecular formula is C11H13N3OS2. The van der Waals surface area contributed by atoms with Gasteiger partial charge in [0, 0.05) is 17.9 Å². The third kappa shape index (κ3) is 3.18. The number of hydrogen-bond donors (Lipinski definition) is 1. The summed E-state index contributed by atoms with van der Waals surface area (Å²) in [5.41, 5.74) is 7.92. The highest BCUT2D eigenvalue weighted by Crippen LogP contribution is 2.26. The van der Waals surface area contributed by atoms with Gasteiger partial charge >= 0.3 is 0 Å². The zero-order chi connectivity index (χ0) is 12.1. The molecule has 0 amide bonds. The first kappa shape index (κ1) is 12.3. The highest BCUT2D eigenvalue weighted by Gasteiger charge is 2.04. The van der Waals surface area contributed by atoms with Gasteiger partial charge in [-0.3, -0.25) is 0 Å². The zero-order valence-corrected chi connectivity index (χ0v) is 11.1. The van der Waals surface area contributed by atoms with Gasteiger partial charge in [0.1, 0.15) is 12.1 Å². The Labute approximate surface area is 108 Å². The van der Waals surface area contributed by atoms with Crippen LogP contribution < -0.4 is 10.5 Å². The topological polar surface area (TPSA) is 61.0 Å². The molecule has 0 radical (unpaired) electrons. The van der Waals surface area contributed by atoms with E-state index in [0.717, 1.165) is 21.4 Å². The fourth-order valence-corrected chi connectivity index (χ4v) is 2.84. The van der Waals surface area contributed by atoms with Gasteiger partial charge in [-0.15, -0.1) is 0 Å². The highest BCUT2D eigenvalue weighted by molar-refractivity contribution is 8.00. The van der Waals surface area contributed by atoms with E-state index in [1.807, 2.05) is 12.1 Å². The molecular weight excluding hydrogens is 254 g/mol. The lowest BCUT2D eigenvalue weighted by Crippen LogP contribution is -2.00. The normalized spacial score (nSPS) is 10.5. The van der Waals surface area contributed by atoms with Gasteiger partial charge in [-0.25, -0.2) is 4.98 Å². The second-order valence-electron chi connectivity index (χ2n) is 3.35. The summed E-state index contributed by atoms with van der Waals surface area (Å²) in [5.74, 6) is 1.71. The van der Waals surface area contributed by atoms with Gasteiger partial charge in [0.2, 0.25) is 0 Å². The second-order valence-corrected chi connectivity index (χ2v) is 5.35. The molecule has 0 saturated carbocycles. The summed E-state index contributed by atoms with van der Waals surface area (Å²) in [7, 11) is 1.66. The molecule has 0 fully saturated rings. The van der Waals surface area contributed by atoms with Gasteiger partial charge in [-0.1, -0.05) is 17.8 Å². The maximum absolute atomic E-state index is 5.68. The molecule has 90 valence electrons. The maximum atomic E-state index is 5.68.